The second-order valence-corrected chi connectivity index (χ2v) is 4.28. The van der Waals surface area contributed by atoms with E-state index in [2.05, 4.69) is 0 Å². The van der Waals surface area contributed by atoms with E-state index < -0.39 is 11.5 Å². The van der Waals surface area contributed by atoms with Crippen LogP contribution in [0.25, 0.3) is 0 Å². The van der Waals surface area contributed by atoms with Crippen molar-refractivity contribution in [3.05, 3.63) is 0 Å². The average molecular weight is 205 g/mol. The van der Waals surface area contributed by atoms with Gasteiger partial charge in [-0.15, -0.1) is 0 Å². The van der Waals surface area contributed by atoms with Crippen LogP contribution >= 0.6 is 0 Å². The molecule has 0 aromatic heterocycles. The molecule has 14 heavy (non-hydrogen) atoms. The lowest BCUT2D eigenvalue weighted by atomic mass is 9.88. The first-order valence-electron chi connectivity index (χ1n) is 4.56. The standard InChI is InChI=1S/C9H19NO4/c1-10(2,3)9(4-6-11,5-7-12)8(13)14/h11-12H,4-7H2,1-3H3. The molecule has 5 heteroatoms. The number of rotatable bonds is 6. The van der Waals surface area contributed by atoms with Crippen molar-refractivity contribution in [1.82, 2.24) is 0 Å². The SMILES string of the molecule is C[N+](C)(C)C(CCO)(CCO)C(=O)[O-]. The molecule has 0 aromatic carbocycles. The minimum atomic E-state index is -1.23. The summed E-state index contributed by atoms with van der Waals surface area (Å²) in [6.07, 6.45) is 0.165. The molecule has 0 heterocycles. The van der Waals surface area contributed by atoms with Gasteiger partial charge in [0.15, 0.2) is 0 Å². The Bertz CT molecular complexity index is 191. The molecule has 0 atom stereocenters. The molecule has 0 rings (SSSR count). The quantitative estimate of drug-likeness (QED) is 0.489. The van der Waals surface area contributed by atoms with Crippen molar-refractivity contribution in [1.29, 1.82) is 0 Å². The Balaban J connectivity index is 5.04. The normalized spacial score (nSPS) is 12.9. The summed E-state index contributed by atoms with van der Waals surface area (Å²) in [5.41, 5.74) is -1.22. The van der Waals surface area contributed by atoms with Crippen LogP contribution in [-0.4, -0.2) is 60.6 Å². The Morgan fingerprint density at radius 2 is 1.57 bits per heavy atom. The topological polar surface area (TPSA) is 80.6 Å². The highest BCUT2D eigenvalue weighted by Crippen LogP contribution is 2.26. The number of likely N-dealkylation sites (N-methyl/N-ethyl adjacent to an activating group) is 1. The zero-order chi connectivity index (χ0) is 11.4. The Morgan fingerprint density at radius 3 is 1.71 bits per heavy atom. The minimum Gasteiger partial charge on any atom is -0.544 e. The van der Waals surface area contributed by atoms with E-state index in [4.69, 9.17) is 10.2 Å². The predicted octanol–water partition coefficient (Wildman–Crippen LogP) is -2.05. The van der Waals surface area contributed by atoms with Crippen LogP contribution in [0.3, 0.4) is 0 Å². The summed E-state index contributed by atoms with van der Waals surface area (Å²) >= 11 is 0. The predicted molar refractivity (Wildman–Crippen MR) is 49.2 cm³/mol. The average Bonchev–Trinajstić information content (AvgIpc) is 2.01. The number of hydrogen-bond donors (Lipinski definition) is 2. The molecule has 0 aliphatic rings. The first-order chi connectivity index (χ1) is 6.31. The van der Waals surface area contributed by atoms with Crippen LogP contribution in [0.4, 0.5) is 0 Å². The van der Waals surface area contributed by atoms with Gasteiger partial charge < -0.3 is 24.6 Å². The highest BCUT2D eigenvalue weighted by atomic mass is 16.4. The van der Waals surface area contributed by atoms with E-state index >= 15 is 0 Å². The van der Waals surface area contributed by atoms with Crippen molar-refractivity contribution >= 4 is 5.97 Å². The third-order valence-corrected chi connectivity index (χ3v) is 2.71. The maximum Gasteiger partial charge on any atom is 0.143 e. The molecule has 0 amide bonds. The lowest BCUT2D eigenvalue weighted by Gasteiger charge is -2.46. The largest absolute Gasteiger partial charge is 0.544 e. The van der Waals surface area contributed by atoms with Crippen molar-refractivity contribution in [2.75, 3.05) is 34.4 Å². The van der Waals surface area contributed by atoms with Crippen molar-refractivity contribution in [2.24, 2.45) is 0 Å². The van der Waals surface area contributed by atoms with E-state index in [1.807, 2.05) is 0 Å². The smallest absolute Gasteiger partial charge is 0.143 e. The van der Waals surface area contributed by atoms with Crippen molar-refractivity contribution < 1.29 is 24.6 Å². The number of quaternary nitrogens is 1. The van der Waals surface area contributed by atoms with Gasteiger partial charge in [-0.2, -0.15) is 0 Å². The monoisotopic (exact) mass is 205 g/mol. The van der Waals surface area contributed by atoms with E-state index in [-0.39, 0.29) is 30.5 Å². The molecule has 0 unspecified atom stereocenters. The van der Waals surface area contributed by atoms with Crippen molar-refractivity contribution in [3.8, 4) is 0 Å². The molecule has 0 aliphatic carbocycles. The summed E-state index contributed by atoms with van der Waals surface area (Å²) in [7, 11) is 5.13. The molecular weight excluding hydrogens is 186 g/mol. The number of hydrogen-bond acceptors (Lipinski definition) is 4. The van der Waals surface area contributed by atoms with Gasteiger partial charge in [0.05, 0.1) is 21.1 Å². The van der Waals surface area contributed by atoms with Gasteiger partial charge in [0, 0.05) is 26.1 Å². The number of aliphatic hydroxyl groups is 2. The maximum absolute atomic E-state index is 11.1. The third-order valence-electron chi connectivity index (χ3n) is 2.71. The van der Waals surface area contributed by atoms with Gasteiger partial charge in [0.1, 0.15) is 11.5 Å². The molecule has 84 valence electrons. The van der Waals surface area contributed by atoms with E-state index in [0.29, 0.717) is 0 Å². The number of carboxylic acids is 1. The fraction of sp³-hybridized carbons (Fsp3) is 0.889. The highest BCUT2D eigenvalue weighted by Gasteiger charge is 2.43. The first-order valence-corrected chi connectivity index (χ1v) is 4.56. The molecule has 0 saturated carbocycles. The third kappa shape index (κ3) is 2.43. The van der Waals surface area contributed by atoms with E-state index in [0.717, 1.165) is 0 Å². The van der Waals surface area contributed by atoms with Gasteiger partial charge in [-0.05, 0) is 0 Å². The number of carbonyl (C=O) groups excluding carboxylic acids is 1. The second kappa shape index (κ2) is 4.72. The van der Waals surface area contributed by atoms with Crippen molar-refractivity contribution in [2.45, 2.75) is 18.4 Å². The lowest BCUT2D eigenvalue weighted by molar-refractivity contribution is -0.917. The van der Waals surface area contributed by atoms with Crippen LogP contribution in [0, 0.1) is 0 Å². The summed E-state index contributed by atoms with van der Waals surface area (Å²) in [6.45, 7) is -0.465. The van der Waals surface area contributed by atoms with Crippen molar-refractivity contribution in [3.63, 3.8) is 0 Å². The Labute approximate surface area is 84.2 Å². The molecule has 2 N–H and O–H groups in total. The fourth-order valence-corrected chi connectivity index (χ4v) is 1.64. The van der Waals surface area contributed by atoms with Crippen LogP contribution in [0.15, 0.2) is 0 Å². The van der Waals surface area contributed by atoms with Gasteiger partial charge in [-0.1, -0.05) is 0 Å². The van der Waals surface area contributed by atoms with Crippen LogP contribution in [0.1, 0.15) is 12.8 Å². The van der Waals surface area contributed by atoms with Crippen LogP contribution in [-0.2, 0) is 4.79 Å². The van der Waals surface area contributed by atoms with Gasteiger partial charge >= 0.3 is 0 Å². The zero-order valence-electron chi connectivity index (χ0n) is 8.99. The summed E-state index contributed by atoms with van der Waals surface area (Å²) in [5, 5.41) is 28.8. The minimum absolute atomic E-state index is 0.0827. The summed E-state index contributed by atoms with van der Waals surface area (Å²) in [5.74, 6) is -1.23. The van der Waals surface area contributed by atoms with Gasteiger partial charge in [0.25, 0.3) is 0 Å². The van der Waals surface area contributed by atoms with Gasteiger partial charge in [-0.3, -0.25) is 0 Å². The highest BCUT2D eigenvalue weighted by molar-refractivity contribution is 5.75. The number of aliphatic carboxylic acids is 1. The lowest BCUT2D eigenvalue weighted by Crippen LogP contribution is -2.66. The van der Waals surface area contributed by atoms with Gasteiger partial charge in [-0.25, -0.2) is 0 Å². The summed E-state index contributed by atoms with van der Waals surface area (Å²) < 4.78 is 0.121. The molecular formula is C9H19NO4. The van der Waals surface area contributed by atoms with Gasteiger partial charge in [0.2, 0.25) is 0 Å². The van der Waals surface area contributed by atoms with Crippen LogP contribution < -0.4 is 5.11 Å². The molecule has 0 bridgehead atoms. The molecule has 5 nitrogen and oxygen atoms in total. The molecule has 0 aliphatic heterocycles. The van der Waals surface area contributed by atoms with Crippen LogP contribution in [0.2, 0.25) is 0 Å². The van der Waals surface area contributed by atoms with E-state index in [1.54, 1.807) is 21.1 Å². The number of nitrogens with zero attached hydrogens (tertiary/aromatic N) is 1. The molecule has 0 saturated heterocycles. The molecule has 0 aromatic rings. The Morgan fingerprint density at radius 1 is 1.21 bits per heavy atom. The zero-order valence-corrected chi connectivity index (χ0v) is 8.99. The number of carboxylic acid groups (broad SMARTS) is 1. The molecule has 0 radical (unpaired) electrons. The number of carbonyl (C=O) groups is 1. The summed E-state index contributed by atoms with van der Waals surface area (Å²) in [6, 6.07) is 0. The summed E-state index contributed by atoms with van der Waals surface area (Å²) in [4.78, 5) is 11.1. The van der Waals surface area contributed by atoms with E-state index in [9.17, 15) is 9.90 Å². The first kappa shape index (κ1) is 13.4. The maximum atomic E-state index is 11.1. The fourth-order valence-electron chi connectivity index (χ4n) is 1.64. The van der Waals surface area contributed by atoms with Crippen LogP contribution in [0.5, 0.6) is 0 Å². The Hall–Kier alpha value is -0.650. The second-order valence-electron chi connectivity index (χ2n) is 4.28. The van der Waals surface area contributed by atoms with E-state index in [1.165, 1.54) is 0 Å². The molecule has 0 fully saturated rings. The Kier molecular flexibility index (Phi) is 4.51. The number of aliphatic hydroxyl groups excluding tert-OH is 2. The molecule has 0 spiro atoms.